The van der Waals surface area contributed by atoms with Gasteiger partial charge >= 0.3 is 6.18 Å². The third-order valence-electron chi connectivity index (χ3n) is 2.29. The van der Waals surface area contributed by atoms with Gasteiger partial charge in [-0.25, -0.2) is 5.43 Å². The van der Waals surface area contributed by atoms with Gasteiger partial charge in [0.1, 0.15) is 6.61 Å². The summed E-state index contributed by atoms with van der Waals surface area (Å²) >= 11 is 0. The van der Waals surface area contributed by atoms with E-state index in [-0.39, 0.29) is 6.61 Å². The van der Waals surface area contributed by atoms with Gasteiger partial charge in [-0.2, -0.15) is 18.3 Å². The van der Waals surface area contributed by atoms with E-state index in [0.717, 1.165) is 6.42 Å². The van der Waals surface area contributed by atoms with Gasteiger partial charge in [-0.05, 0) is 12.5 Å². The van der Waals surface area contributed by atoms with E-state index in [2.05, 4.69) is 15.3 Å². The molecule has 1 unspecified atom stereocenters. The zero-order chi connectivity index (χ0) is 13.6. The predicted octanol–water partition coefficient (Wildman–Crippen LogP) is 1.38. The number of hydrazine groups is 1. The predicted molar refractivity (Wildman–Crippen MR) is 59.5 cm³/mol. The smallest absolute Gasteiger partial charge is 0.370 e. The Morgan fingerprint density at radius 2 is 2.28 bits per heavy atom. The van der Waals surface area contributed by atoms with Crippen molar-refractivity contribution < 1.29 is 17.9 Å². The van der Waals surface area contributed by atoms with Crippen LogP contribution in [0.2, 0.25) is 0 Å². The number of nitrogens with zero attached hydrogens (tertiary/aromatic N) is 2. The molecule has 8 heteroatoms. The van der Waals surface area contributed by atoms with E-state index in [1.165, 1.54) is 0 Å². The Balaban J connectivity index is 2.57. The van der Waals surface area contributed by atoms with Crippen molar-refractivity contribution in [2.75, 3.05) is 13.2 Å². The fraction of sp³-hybridized carbons (Fsp3) is 0.700. The minimum atomic E-state index is -4.33. The highest BCUT2D eigenvalue weighted by molar-refractivity contribution is 5.06. The number of aryl methyl sites for hydroxylation is 1. The van der Waals surface area contributed by atoms with Crippen molar-refractivity contribution in [3.05, 3.63) is 18.0 Å². The molecular weight excluding hydrogens is 249 g/mol. The molecule has 1 heterocycles. The van der Waals surface area contributed by atoms with Gasteiger partial charge in [0.25, 0.3) is 0 Å². The number of nitrogens with one attached hydrogen (secondary N) is 1. The Labute approximate surface area is 103 Å². The van der Waals surface area contributed by atoms with Crippen LogP contribution in [0, 0.1) is 0 Å². The van der Waals surface area contributed by atoms with Gasteiger partial charge in [0.2, 0.25) is 0 Å². The molecule has 1 rings (SSSR count). The quantitative estimate of drug-likeness (QED) is 0.578. The van der Waals surface area contributed by atoms with Crippen molar-refractivity contribution in [3.8, 4) is 0 Å². The summed E-state index contributed by atoms with van der Waals surface area (Å²) < 4.78 is 42.2. The molecule has 0 saturated heterocycles. The number of hydrogen-bond donors (Lipinski definition) is 2. The number of aromatic nitrogens is 2. The molecule has 0 aliphatic heterocycles. The Bertz CT molecular complexity index is 353. The van der Waals surface area contributed by atoms with Crippen LogP contribution in [-0.4, -0.2) is 29.2 Å². The summed E-state index contributed by atoms with van der Waals surface area (Å²) in [5.74, 6) is 5.33. The number of rotatable bonds is 7. The van der Waals surface area contributed by atoms with E-state index in [1.54, 1.807) is 16.9 Å². The lowest BCUT2D eigenvalue weighted by Crippen LogP contribution is -2.34. The molecule has 0 bridgehead atoms. The molecule has 0 radical (unpaired) electrons. The second-order valence-corrected chi connectivity index (χ2v) is 3.83. The molecule has 3 N–H and O–H groups in total. The van der Waals surface area contributed by atoms with Gasteiger partial charge in [-0.15, -0.1) is 0 Å². The maximum atomic E-state index is 12.0. The fourth-order valence-corrected chi connectivity index (χ4v) is 1.55. The van der Waals surface area contributed by atoms with E-state index >= 15 is 0 Å². The van der Waals surface area contributed by atoms with Gasteiger partial charge in [0, 0.05) is 12.7 Å². The minimum Gasteiger partial charge on any atom is -0.370 e. The Morgan fingerprint density at radius 3 is 2.83 bits per heavy atom. The second kappa shape index (κ2) is 6.72. The topological polar surface area (TPSA) is 65.1 Å². The highest BCUT2D eigenvalue weighted by Gasteiger charge is 2.28. The van der Waals surface area contributed by atoms with Crippen molar-refractivity contribution in [2.45, 2.75) is 32.1 Å². The van der Waals surface area contributed by atoms with E-state index in [4.69, 9.17) is 5.84 Å². The van der Waals surface area contributed by atoms with E-state index in [1.807, 2.05) is 6.92 Å². The third kappa shape index (κ3) is 4.63. The molecule has 0 fully saturated rings. The number of ether oxygens (including phenoxy) is 1. The van der Waals surface area contributed by atoms with Crippen molar-refractivity contribution in [3.63, 3.8) is 0 Å². The summed E-state index contributed by atoms with van der Waals surface area (Å²) in [6.45, 7) is 1.22. The molecule has 18 heavy (non-hydrogen) atoms. The normalized spacial score (nSPS) is 13.8. The number of halogens is 3. The van der Waals surface area contributed by atoms with Gasteiger partial charge in [-0.3, -0.25) is 10.5 Å². The lowest BCUT2D eigenvalue weighted by atomic mass is 10.2. The molecule has 0 saturated carbocycles. The molecule has 5 nitrogen and oxygen atoms in total. The first-order valence-corrected chi connectivity index (χ1v) is 5.60. The molecule has 1 atom stereocenters. The van der Waals surface area contributed by atoms with Crippen LogP contribution in [0.4, 0.5) is 13.2 Å². The molecule has 104 valence electrons. The first-order valence-electron chi connectivity index (χ1n) is 5.60. The van der Waals surface area contributed by atoms with Crippen molar-refractivity contribution in [1.82, 2.24) is 15.2 Å². The average Bonchev–Trinajstić information content (AvgIpc) is 2.72. The highest BCUT2D eigenvalue weighted by atomic mass is 19.4. The van der Waals surface area contributed by atoms with Crippen LogP contribution in [0.3, 0.4) is 0 Å². The molecule has 0 aliphatic carbocycles. The van der Waals surface area contributed by atoms with Crippen molar-refractivity contribution in [1.29, 1.82) is 0 Å². The largest absolute Gasteiger partial charge is 0.411 e. The van der Waals surface area contributed by atoms with Crippen LogP contribution in [0.25, 0.3) is 0 Å². The second-order valence-electron chi connectivity index (χ2n) is 3.83. The Kier molecular flexibility index (Phi) is 5.57. The highest BCUT2D eigenvalue weighted by Crippen LogP contribution is 2.17. The van der Waals surface area contributed by atoms with Crippen LogP contribution in [0.5, 0.6) is 0 Å². The van der Waals surface area contributed by atoms with Gasteiger partial charge in [-0.1, -0.05) is 6.92 Å². The summed E-state index contributed by atoms with van der Waals surface area (Å²) in [6, 6.07) is 1.19. The third-order valence-corrected chi connectivity index (χ3v) is 2.29. The van der Waals surface area contributed by atoms with E-state index in [9.17, 15) is 13.2 Å². The molecule has 0 spiro atoms. The summed E-state index contributed by atoms with van der Waals surface area (Å²) in [4.78, 5) is 0. The van der Waals surface area contributed by atoms with Crippen LogP contribution >= 0.6 is 0 Å². The summed E-state index contributed by atoms with van der Waals surface area (Å²) in [7, 11) is 0. The number of hydrogen-bond acceptors (Lipinski definition) is 4. The lowest BCUT2D eigenvalue weighted by Gasteiger charge is -2.18. The first kappa shape index (κ1) is 14.9. The molecule has 0 aliphatic rings. The average molecular weight is 266 g/mol. The van der Waals surface area contributed by atoms with Gasteiger partial charge < -0.3 is 4.74 Å². The summed E-state index contributed by atoms with van der Waals surface area (Å²) in [6.07, 6.45) is -1.88. The van der Waals surface area contributed by atoms with Crippen molar-refractivity contribution in [2.24, 2.45) is 5.84 Å². The molecular formula is C10H17F3N4O. The molecule has 0 aromatic carbocycles. The van der Waals surface area contributed by atoms with Crippen LogP contribution in [-0.2, 0) is 11.3 Å². The van der Waals surface area contributed by atoms with Crippen molar-refractivity contribution >= 4 is 0 Å². The van der Waals surface area contributed by atoms with Gasteiger partial charge in [0.15, 0.2) is 0 Å². The van der Waals surface area contributed by atoms with Crippen LogP contribution in [0.15, 0.2) is 12.3 Å². The molecule has 1 aromatic rings. The maximum Gasteiger partial charge on any atom is 0.411 e. The van der Waals surface area contributed by atoms with E-state index < -0.39 is 18.8 Å². The number of nitrogens with two attached hydrogens (primary N) is 1. The first-order chi connectivity index (χ1) is 8.48. The summed E-state index contributed by atoms with van der Waals surface area (Å²) in [5.41, 5.74) is 3.15. The van der Waals surface area contributed by atoms with E-state index in [0.29, 0.717) is 12.2 Å². The number of alkyl halides is 3. The van der Waals surface area contributed by atoms with Crippen LogP contribution < -0.4 is 11.3 Å². The SMILES string of the molecule is CCCn1nccc1C(COCC(F)(F)F)NN. The fourth-order valence-electron chi connectivity index (χ4n) is 1.55. The molecule has 0 amide bonds. The lowest BCUT2D eigenvalue weighted by molar-refractivity contribution is -0.175. The summed E-state index contributed by atoms with van der Waals surface area (Å²) in [5, 5.41) is 4.07. The molecule has 1 aromatic heterocycles. The Hall–Kier alpha value is -1.12. The van der Waals surface area contributed by atoms with Crippen LogP contribution in [0.1, 0.15) is 25.1 Å². The monoisotopic (exact) mass is 266 g/mol. The zero-order valence-electron chi connectivity index (χ0n) is 10.1. The van der Waals surface area contributed by atoms with Gasteiger partial charge in [0.05, 0.1) is 18.3 Å². The minimum absolute atomic E-state index is 0.161. The Morgan fingerprint density at radius 1 is 1.56 bits per heavy atom. The zero-order valence-corrected chi connectivity index (χ0v) is 10.1. The standard InChI is InChI=1S/C10H17F3N4O/c1-2-5-17-9(3-4-15-17)8(16-14)6-18-7-10(11,12)13/h3-4,8,16H,2,5-7,14H2,1H3. The maximum absolute atomic E-state index is 12.0.